The maximum absolute atomic E-state index is 12.0. The second-order valence-electron chi connectivity index (χ2n) is 15.6. The van der Waals surface area contributed by atoms with Gasteiger partial charge in [-0.05, 0) is 84.9 Å². The van der Waals surface area contributed by atoms with Crippen LogP contribution in [0, 0.1) is 0 Å². The van der Waals surface area contributed by atoms with Gasteiger partial charge in [0.1, 0.15) is 78.1 Å². The molecule has 0 bridgehead atoms. The van der Waals surface area contributed by atoms with Crippen molar-refractivity contribution >= 4 is 136 Å². The first-order valence-electron chi connectivity index (χ1n) is 21.6. The number of halogens is 4. The number of rotatable bonds is 1. The van der Waals surface area contributed by atoms with E-state index in [0.29, 0.717) is 75.4 Å². The van der Waals surface area contributed by atoms with Crippen LogP contribution in [-0.2, 0) is 17.9 Å². The van der Waals surface area contributed by atoms with Gasteiger partial charge >= 0.3 is 5.97 Å². The summed E-state index contributed by atoms with van der Waals surface area (Å²) in [5, 5.41) is 62.8. The van der Waals surface area contributed by atoms with Crippen molar-refractivity contribution < 1.29 is 39.9 Å². The van der Waals surface area contributed by atoms with Crippen LogP contribution in [0.25, 0.3) is 0 Å². The van der Waals surface area contributed by atoms with Gasteiger partial charge in [-0.1, -0.05) is 82.8 Å². The molecular weight excluding hydrogens is 1050 g/mol. The lowest BCUT2D eigenvalue weighted by Gasteiger charge is -2.21. The van der Waals surface area contributed by atoms with Crippen LogP contribution in [0.15, 0.2) is 128 Å². The minimum absolute atomic E-state index is 0. The molecule has 3 radical (unpaired) electrons. The topological polar surface area (TPSA) is 319 Å². The number of aromatic carboxylic acids is 1. The molecule has 0 atom stereocenters. The van der Waals surface area contributed by atoms with Gasteiger partial charge in [0.15, 0.2) is 0 Å². The number of nitrogens with zero attached hydrogens (tertiary/aromatic N) is 5. The summed E-state index contributed by atoms with van der Waals surface area (Å²) in [6.07, 6.45) is 1.69. The van der Waals surface area contributed by atoms with Gasteiger partial charge in [0.05, 0.1) is 46.1 Å². The van der Waals surface area contributed by atoms with Crippen LogP contribution >= 0.6 is 46.4 Å². The quantitative estimate of drug-likeness (QED) is 0.0315. The molecule has 3 aliphatic rings. The molecule has 0 aliphatic carbocycles. The number of carbonyl (C=O) groups is 3. The zero-order valence-electron chi connectivity index (χ0n) is 39.0. The summed E-state index contributed by atoms with van der Waals surface area (Å²) in [5.74, 6) is 0.531. The molecule has 20 nitrogen and oxygen atoms in total. The zero-order valence-corrected chi connectivity index (χ0v) is 42.0. The number of para-hydroxylation sites is 4. The van der Waals surface area contributed by atoms with E-state index in [1.54, 1.807) is 71.8 Å². The third-order valence-electron chi connectivity index (χ3n) is 10.6. The zero-order chi connectivity index (χ0) is 53.2. The summed E-state index contributed by atoms with van der Waals surface area (Å²) >= 11 is 22.6. The molecule has 25 heteroatoms. The number of nitrogens with two attached hydrogens (primary N) is 2. The lowest BCUT2D eigenvalue weighted by molar-refractivity contribution is -0.116. The number of aromatic hydroxyl groups is 4. The summed E-state index contributed by atoms with van der Waals surface area (Å²) in [4.78, 5) is 51.9. The number of phenolic OH excluding ortho intramolecular Hbond substituents is 4. The van der Waals surface area contributed by atoms with Crippen LogP contribution in [0.2, 0.25) is 20.6 Å². The van der Waals surface area contributed by atoms with Gasteiger partial charge in [0.25, 0.3) is 5.91 Å². The van der Waals surface area contributed by atoms with E-state index in [0.717, 1.165) is 16.8 Å². The SMILES string of the molecule is CC(=O)N1Cc2cccnc2Nc2cccc(O)c21.Nc1cccc(O)c1N.O=C(O)c1ccc(Cl)nc1Cl.O=C1Nc2c(O)cccc2Nc2nc(Cl)ccc21.Oc1cccc2c1NCc1ccc(Cl)nc1N2.[B]. The molecule has 0 saturated carbocycles. The molecule has 4 aromatic carbocycles. The van der Waals surface area contributed by atoms with Gasteiger partial charge in [0.2, 0.25) is 5.91 Å². The summed E-state index contributed by atoms with van der Waals surface area (Å²) in [6, 6.07) is 33.3. The largest absolute Gasteiger partial charge is 0.506 e. The minimum Gasteiger partial charge on any atom is -0.506 e. The Morgan fingerprint density at radius 2 is 1.16 bits per heavy atom. The molecule has 4 aromatic heterocycles. The first kappa shape index (κ1) is 55.4. The number of carboxylic acids is 1. The monoisotopic (exact) mass is 1090 g/mol. The molecule has 7 heterocycles. The molecule has 3 aliphatic heterocycles. The van der Waals surface area contributed by atoms with Crippen molar-refractivity contribution in [1.29, 1.82) is 0 Å². The van der Waals surface area contributed by atoms with E-state index >= 15 is 0 Å². The first-order chi connectivity index (χ1) is 35.4. The van der Waals surface area contributed by atoms with Gasteiger partial charge in [0, 0.05) is 39.2 Å². The number of hydrogen-bond acceptors (Lipinski definition) is 17. The lowest BCUT2D eigenvalue weighted by atomic mass is 10.2. The third kappa shape index (κ3) is 13.6. The fraction of sp³-hybridized carbons (Fsp3) is 0.0600. The number of pyridine rings is 4. The van der Waals surface area contributed by atoms with Gasteiger partial charge in [-0.2, -0.15) is 0 Å². The molecular formula is C50H42BCl4N12O8. The normalized spacial score (nSPS) is 11.8. The van der Waals surface area contributed by atoms with Gasteiger partial charge < -0.3 is 68.5 Å². The predicted molar refractivity (Wildman–Crippen MR) is 293 cm³/mol. The molecule has 8 aromatic rings. The first-order valence-corrected chi connectivity index (χ1v) is 23.1. The Hall–Kier alpha value is -8.89. The molecule has 11 rings (SSSR count). The van der Waals surface area contributed by atoms with Gasteiger partial charge in [-0.15, -0.1) is 0 Å². The van der Waals surface area contributed by atoms with Crippen LogP contribution < -0.4 is 43.0 Å². The Labute approximate surface area is 449 Å². The van der Waals surface area contributed by atoms with Crippen molar-refractivity contribution in [2.24, 2.45) is 0 Å². The fourth-order valence-corrected chi connectivity index (χ4v) is 7.76. The smallest absolute Gasteiger partial charge is 0.338 e. The van der Waals surface area contributed by atoms with E-state index < -0.39 is 5.97 Å². The van der Waals surface area contributed by atoms with Crippen LogP contribution in [-0.4, -0.2) is 71.7 Å². The summed E-state index contributed by atoms with van der Waals surface area (Å²) in [7, 11) is 0. The van der Waals surface area contributed by atoms with Crippen LogP contribution in [0.3, 0.4) is 0 Å². The average molecular weight is 1090 g/mol. The number of hydrogen-bond donors (Lipinski definition) is 12. The van der Waals surface area contributed by atoms with Crippen molar-refractivity contribution in [3.05, 3.63) is 170 Å². The van der Waals surface area contributed by atoms with Crippen LogP contribution in [0.1, 0.15) is 38.8 Å². The van der Waals surface area contributed by atoms with Gasteiger partial charge in [-0.3, -0.25) is 9.59 Å². The highest BCUT2D eigenvalue weighted by atomic mass is 35.5. The molecule has 14 N–H and O–H groups in total. The number of anilines is 11. The van der Waals surface area contributed by atoms with Crippen molar-refractivity contribution in [3.8, 4) is 23.0 Å². The minimum atomic E-state index is -1.11. The average Bonchev–Trinajstić information content (AvgIpc) is 3.73. The van der Waals surface area contributed by atoms with E-state index in [4.69, 9.17) is 68.1 Å². The fourth-order valence-electron chi connectivity index (χ4n) is 7.04. The summed E-state index contributed by atoms with van der Waals surface area (Å²) in [6.45, 7) is 2.46. The molecule has 75 heavy (non-hydrogen) atoms. The van der Waals surface area contributed by atoms with Gasteiger partial charge in [-0.25, -0.2) is 24.7 Å². The standard InChI is InChI=1S/C14H13N3O2.C12H8ClN3O2.C12H10ClN3O.C6H3Cl2NO2.C6H8N2O.B/c1-9(18)17-8-10-4-3-7-15-14(10)16-11-5-2-6-12(19)13(11)17;13-9-5-4-6-11(15-9)14-7-2-1-3-8(17)10(7)16-12(6)18;13-10-5-4-7-6-14-11-8(15-12(7)16-10)2-1-3-9(11)17;7-4-2-1-3(6(10)11)5(8)9-4;7-4-2-1-3-5(9)6(4)8;/h2-7,19H,8H2,1H3,(H,15,16);1-5,17H,(H,14,15)(H,16,18);1-5,14,17H,6H2,(H,15,16);1-2H,(H,10,11);1-3,9H,7-8H2;. The molecule has 0 saturated heterocycles. The van der Waals surface area contributed by atoms with E-state index in [1.807, 2.05) is 30.3 Å². The maximum Gasteiger partial charge on any atom is 0.338 e. The Balaban J connectivity index is 0.000000156. The highest BCUT2D eigenvalue weighted by molar-refractivity contribution is 6.34. The van der Waals surface area contributed by atoms with Crippen molar-refractivity contribution in [3.63, 3.8) is 0 Å². The number of phenols is 4. The number of amides is 2. The van der Waals surface area contributed by atoms with Crippen LogP contribution in [0.4, 0.5) is 63.0 Å². The Kier molecular flexibility index (Phi) is 18.2. The number of benzene rings is 4. The second-order valence-corrected chi connectivity index (χ2v) is 17.1. The Morgan fingerprint density at radius 3 is 1.81 bits per heavy atom. The lowest BCUT2D eigenvalue weighted by Crippen LogP contribution is -2.27. The highest BCUT2D eigenvalue weighted by Crippen LogP contribution is 2.42. The number of fused-ring (bicyclic) bond motifs is 6. The maximum atomic E-state index is 12.0. The van der Waals surface area contributed by atoms with Crippen molar-refractivity contribution in [2.45, 2.75) is 20.0 Å². The molecule has 381 valence electrons. The summed E-state index contributed by atoms with van der Waals surface area (Å²) < 4.78 is 0. The summed E-state index contributed by atoms with van der Waals surface area (Å²) in [5.41, 5.74) is 17.1. The number of nitrogens with one attached hydrogen (secondary N) is 5. The van der Waals surface area contributed by atoms with E-state index in [-0.39, 0.29) is 69.9 Å². The molecule has 2 amide bonds. The Morgan fingerprint density at radius 1 is 0.600 bits per heavy atom. The van der Waals surface area contributed by atoms with Crippen molar-refractivity contribution in [1.82, 2.24) is 19.9 Å². The number of nitrogen functional groups attached to an aromatic ring is 2. The molecule has 0 fully saturated rings. The van der Waals surface area contributed by atoms with E-state index in [2.05, 4.69) is 46.5 Å². The molecule has 0 spiro atoms. The highest BCUT2D eigenvalue weighted by Gasteiger charge is 2.25. The third-order valence-corrected chi connectivity index (χ3v) is 11.6. The van der Waals surface area contributed by atoms with E-state index in [1.165, 1.54) is 37.3 Å². The van der Waals surface area contributed by atoms with Crippen LogP contribution in [0.5, 0.6) is 23.0 Å². The number of carbonyl (C=O) groups excluding carboxylic acids is 2. The van der Waals surface area contributed by atoms with E-state index in [9.17, 15) is 29.7 Å². The van der Waals surface area contributed by atoms with Crippen molar-refractivity contribution in [2.75, 3.05) is 43.0 Å². The number of carboxylic acid groups (broad SMARTS) is 1. The number of aromatic nitrogens is 4. The second kappa shape index (κ2) is 24.7. The molecule has 0 unspecified atom stereocenters. The predicted octanol–water partition coefficient (Wildman–Crippen LogP) is 10.5. The Bertz CT molecular complexity index is 3420.